The van der Waals surface area contributed by atoms with Gasteiger partial charge >= 0.3 is 0 Å². The molecule has 1 aromatic rings. The lowest BCUT2D eigenvalue weighted by Gasteiger charge is -2.29. The Bertz CT molecular complexity index is 573. The van der Waals surface area contributed by atoms with Crippen LogP contribution in [0.15, 0.2) is 18.2 Å². The highest BCUT2D eigenvalue weighted by Crippen LogP contribution is 2.25. The Balaban J connectivity index is 1.95. The van der Waals surface area contributed by atoms with Gasteiger partial charge in [0.05, 0.1) is 5.56 Å². The average molecular weight is 338 g/mol. The quantitative estimate of drug-likeness (QED) is 0.798. The highest BCUT2D eigenvalue weighted by atomic mass is 35.5. The Labute approximate surface area is 142 Å². The summed E-state index contributed by atoms with van der Waals surface area (Å²) in [6.45, 7) is 3.86. The maximum atomic E-state index is 12.1. The van der Waals surface area contributed by atoms with E-state index in [2.05, 4.69) is 12.2 Å². The van der Waals surface area contributed by atoms with Crippen LogP contribution in [0.4, 0.5) is 0 Å². The van der Waals surface area contributed by atoms with E-state index in [4.69, 9.17) is 16.3 Å². The number of hydrogen-bond acceptors (Lipinski definition) is 3. The number of halogens is 1. The minimum atomic E-state index is -0.145. The van der Waals surface area contributed by atoms with Crippen molar-refractivity contribution in [2.24, 2.45) is 5.92 Å². The van der Waals surface area contributed by atoms with E-state index in [1.165, 1.54) is 6.42 Å². The van der Waals surface area contributed by atoms with Crippen molar-refractivity contribution in [3.05, 3.63) is 28.8 Å². The number of rotatable bonds is 6. The zero-order valence-corrected chi connectivity index (χ0v) is 14.5. The number of amides is 1. The van der Waals surface area contributed by atoms with E-state index in [9.17, 15) is 9.59 Å². The molecule has 0 radical (unpaired) electrons. The molecule has 0 aromatic heterocycles. The number of Topliss-reactive ketones (excluding diaryl/α,β-unsaturated/α-hetero) is 1. The molecule has 1 N–H and O–H groups in total. The van der Waals surface area contributed by atoms with Crippen LogP contribution in [-0.2, 0) is 4.79 Å². The molecular weight excluding hydrogens is 314 g/mol. The van der Waals surface area contributed by atoms with Crippen LogP contribution >= 0.6 is 11.6 Å². The van der Waals surface area contributed by atoms with Gasteiger partial charge in [0.1, 0.15) is 5.75 Å². The molecular formula is C18H24ClNO3. The molecule has 0 heterocycles. The summed E-state index contributed by atoms with van der Waals surface area (Å²) in [5.41, 5.74) is 0.429. The van der Waals surface area contributed by atoms with Gasteiger partial charge in [-0.1, -0.05) is 38.3 Å². The van der Waals surface area contributed by atoms with E-state index in [0.29, 0.717) is 28.7 Å². The maximum absolute atomic E-state index is 12.1. The first-order chi connectivity index (χ1) is 11.0. The van der Waals surface area contributed by atoms with Crippen LogP contribution in [0.2, 0.25) is 5.02 Å². The van der Waals surface area contributed by atoms with E-state index in [0.717, 1.165) is 19.3 Å². The van der Waals surface area contributed by atoms with E-state index in [1.807, 2.05) is 0 Å². The molecule has 23 heavy (non-hydrogen) atoms. The van der Waals surface area contributed by atoms with Crippen LogP contribution in [0.25, 0.3) is 0 Å². The Hall–Kier alpha value is -1.55. The van der Waals surface area contributed by atoms with Crippen LogP contribution in [0.3, 0.4) is 0 Å². The highest BCUT2D eigenvalue weighted by Gasteiger charge is 2.23. The first-order valence-electron chi connectivity index (χ1n) is 8.26. The third-order valence-electron chi connectivity index (χ3n) is 4.38. The van der Waals surface area contributed by atoms with Crippen LogP contribution < -0.4 is 10.1 Å². The van der Waals surface area contributed by atoms with E-state index >= 15 is 0 Å². The minimum Gasteiger partial charge on any atom is -0.483 e. The van der Waals surface area contributed by atoms with E-state index in [1.54, 1.807) is 25.1 Å². The van der Waals surface area contributed by atoms with Crippen molar-refractivity contribution in [3.63, 3.8) is 0 Å². The van der Waals surface area contributed by atoms with Crippen molar-refractivity contribution in [2.45, 2.75) is 52.0 Å². The molecule has 0 saturated heterocycles. The summed E-state index contributed by atoms with van der Waals surface area (Å²) < 4.78 is 5.56. The minimum absolute atomic E-state index is 0.0520. The fraction of sp³-hybridized carbons (Fsp3) is 0.556. The SMILES string of the molecule is CCC(=O)c1cc(Cl)ccc1OCC(=O)N[C@@H]1CCCC[C@H]1C. The molecule has 1 saturated carbocycles. The Morgan fingerprint density at radius 2 is 2.04 bits per heavy atom. The van der Waals surface area contributed by atoms with Crippen molar-refractivity contribution in [2.75, 3.05) is 6.61 Å². The molecule has 0 aliphatic heterocycles. The second kappa shape index (κ2) is 8.34. The largest absolute Gasteiger partial charge is 0.483 e. The standard InChI is InChI=1S/C18H24ClNO3/c1-3-16(21)14-10-13(19)8-9-17(14)23-11-18(22)20-15-7-5-4-6-12(15)2/h8-10,12,15H,3-7,11H2,1-2H3,(H,20,22)/t12-,15-/m1/s1. The highest BCUT2D eigenvalue weighted by molar-refractivity contribution is 6.31. The summed E-state index contributed by atoms with van der Waals surface area (Å²) in [6, 6.07) is 5.11. The normalized spacial score (nSPS) is 20.8. The average Bonchev–Trinajstić information content (AvgIpc) is 2.55. The van der Waals surface area contributed by atoms with Gasteiger partial charge in [-0.2, -0.15) is 0 Å². The van der Waals surface area contributed by atoms with E-state index in [-0.39, 0.29) is 24.3 Å². The summed E-state index contributed by atoms with van der Waals surface area (Å²) in [6.07, 6.45) is 4.92. The van der Waals surface area contributed by atoms with E-state index < -0.39 is 0 Å². The Morgan fingerprint density at radius 1 is 1.30 bits per heavy atom. The monoisotopic (exact) mass is 337 g/mol. The summed E-state index contributed by atoms with van der Waals surface area (Å²) in [7, 11) is 0. The molecule has 0 spiro atoms. The molecule has 1 amide bonds. The van der Waals surface area contributed by atoms with Gasteiger partial charge in [0.2, 0.25) is 0 Å². The predicted molar refractivity (Wildman–Crippen MR) is 91.1 cm³/mol. The number of hydrogen-bond donors (Lipinski definition) is 1. The summed E-state index contributed by atoms with van der Waals surface area (Å²) >= 11 is 5.94. The second-order valence-electron chi connectivity index (χ2n) is 6.14. The van der Waals surface area contributed by atoms with Crippen molar-refractivity contribution in [1.82, 2.24) is 5.32 Å². The molecule has 126 valence electrons. The van der Waals surface area contributed by atoms with Crippen LogP contribution in [0, 0.1) is 5.92 Å². The number of ketones is 1. The molecule has 0 unspecified atom stereocenters. The Kier molecular flexibility index (Phi) is 6.46. The van der Waals surface area contributed by atoms with Gasteiger partial charge in [0, 0.05) is 17.5 Å². The third kappa shape index (κ3) is 4.96. The van der Waals surface area contributed by atoms with Crippen molar-refractivity contribution in [3.8, 4) is 5.75 Å². The van der Waals surface area contributed by atoms with Crippen molar-refractivity contribution < 1.29 is 14.3 Å². The van der Waals surface area contributed by atoms with Gasteiger partial charge in [-0.3, -0.25) is 9.59 Å². The fourth-order valence-corrected chi connectivity index (χ4v) is 3.13. The lowest BCUT2D eigenvalue weighted by Crippen LogP contribution is -2.43. The second-order valence-corrected chi connectivity index (χ2v) is 6.58. The summed E-state index contributed by atoms with van der Waals surface area (Å²) in [5.74, 6) is 0.714. The number of carbonyl (C=O) groups excluding carboxylic acids is 2. The lowest BCUT2D eigenvalue weighted by molar-refractivity contribution is -0.124. The Morgan fingerprint density at radius 3 is 2.74 bits per heavy atom. The molecule has 2 atom stereocenters. The van der Waals surface area contributed by atoms with Crippen LogP contribution in [0.5, 0.6) is 5.75 Å². The topological polar surface area (TPSA) is 55.4 Å². The molecule has 4 nitrogen and oxygen atoms in total. The zero-order chi connectivity index (χ0) is 16.8. The predicted octanol–water partition coefficient (Wildman–Crippen LogP) is 4.01. The number of carbonyl (C=O) groups is 2. The molecule has 1 aliphatic rings. The number of nitrogens with one attached hydrogen (secondary N) is 1. The maximum Gasteiger partial charge on any atom is 0.258 e. The van der Waals surface area contributed by atoms with Crippen LogP contribution in [-0.4, -0.2) is 24.3 Å². The molecule has 5 heteroatoms. The van der Waals surface area contributed by atoms with Gasteiger partial charge in [0.25, 0.3) is 5.91 Å². The van der Waals surface area contributed by atoms with Crippen LogP contribution in [0.1, 0.15) is 56.3 Å². The smallest absolute Gasteiger partial charge is 0.258 e. The first-order valence-corrected chi connectivity index (χ1v) is 8.64. The fourth-order valence-electron chi connectivity index (χ4n) is 2.96. The molecule has 0 bridgehead atoms. The molecule has 1 aliphatic carbocycles. The molecule has 1 fully saturated rings. The lowest BCUT2D eigenvalue weighted by atomic mass is 9.86. The van der Waals surface area contributed by atoms with Gasteiger partial charge < -0.3 is 10.1 Å². The number of ether oxygens (including phenoxy) is 1. The molecule has 2 rings (SSSR count). The summed E-state index contributed by atoms with van der Waals surface area (Å²) in [5, 5.41) is 3.52. The zero-order valence-electron chi connectivity index (χ0n) is 13.7. The van der Waals surface area contributed by atoms with Gasteiger partial charge in [-0.25, -0.2) is 0 Å². The van der Waals surface area contributed by atoms with Gasteiger partial charge in [-0.05, 0) is 37.0 Å². The third-order valence-corrected chi connectivity index (χ3v) is 4.61. The summed E-state index contributed by atoms with van der Waals surface area (Å²) in [4.78, 5) is 24.1. The first kappa shape index (κ1) is 17.8. The molecule has 1 aromatic carbocycles. The van der Waals surface area contributed by atoms with Crippen molar-refractivity contribution in [1.29, 1.82) is 0 Å². The van der Waals surface area contributed by atoms with Gasteiger partial charge in [0.15, 0.2) is 12.4 Å². The van der Waals surface area contributed by atoms with Crippen molar-refractivity contribution >= 4 is 23.3 Å². The van der Waals surface area contributed by atoms with Gasteiger partial charge in [-0.15, -0.1) is 0 Å². The number of benzene rings is 1.